The van der Waals surface area contributed by atoms with Crippen molar-refractivity contribution in [3.63, 3.8) is 0 Å². The van der Waals surface area contributed by atoms with Gasteiger partial charge in [-0.15, -0.1) is 0 Å². The summed E-state index contributed by atoms with van der Waals surface area (Å²) < 4.78 is 16.0. The van der Waals surface area contributed by atoms with Crippen molar-refractivity contribution in [3.8, 4) is 28.4 Å². The standard InChI is InChI=1S/C16H18O3.C8H14N2O2.C2H6/c1-11-5-7-12(8-6-11)13-9-14(17-2)16(19-4)15(10-13)18-3;1-8(2)7(12)9(3)5-6(11)10(8)4;1-2/h5-10H,1-4H3;5H2,1-4H3;1-2H3. The zero-order valence-corrected chi connectivity index (χ0v) is 21.6. The van der Waals surface area contributed by atoms with Crippen LogP contribution < -0.4 is 14.2 Å². The van der Waals surface area contributed by atoms with E-state index in [4.69, 9.17) is 14.2 Å². The molecule has 0 aromatic heterocycles. The fourth-order valence-electron chi connectivity index (χ4n) is 3.30. The van der Waals surface area contributed by atoms with Gasteiger partial charge in [0.05, 0.1) is 27.9 Å². The highest BCUT2D eigenvalue weighted by molar-refractivity contribution is 5.97. The van der Waals surface area contributed by atoms with E-state index < -0.39 is 5.54 Å². The largest absolute Gasteiger partial charge is 0.493 e. The predicted molar refractivity (Wildman–Crippen MR) is 132 cm³/mol. The molecule has 3 rings (SSSR count). The van der Waals surface area contributed by atoms with Gasteiger partial charge in [-0.05, 0) is 44.0 Å². The van der Waals surface area contributed by atoms with Crippen LogP contribution in [0, 0.1) is 6.92 Å². The first kappa shape index (κ1) is 27.8. The summed E-state index contributed by atoms with van der Waals surface area (Å²) in [4.78, 5) is 25.8. The summed E-state index contributed by atoms with van der Waals surface area (Å²) in [6, 6.07) is 12.2. The number of carbonyl (C=O) groups excluding carboxylic acids is 2. The van der Waals surface area contributed by atoms with E-state index in [2.05, 4.69) is 31.2 Å². The average molecular weight is 459 g/mol. The molecule has 0 unspecified atom stereocenters. The Hall–Kier alpha value is -3.22. The first-order valence-electron chi connectivity index (χ1n) is 11.0. The molecule has 0 spiro atoms. The number of hydrogen-bond donors (Lipinski definition) is 0. The van der Waals surface area contributed by atoms with Crippen LogP contribution >= 0.6 is 0 Å². The van der Waals surface area contributed by atoms with E-state index in [-0.39, 0.29) is 18.4 Å². The molecule has 0 bridgehead atoms. The minimum Gasteiger partial charge on any atom is -0.493 e. The molecule has 0 atom stereocenters. The molecule has 7 heteroatoms. The van der Waals surface area contributed by atoms with Crippen molar-refractivity contribution in [1.82, 2.24) is 9.80 Å². The first-order valence-corrected chi connectivity index (χ1v) is 11.0. The van der Waals surface area contributed by atoms with E-state index >= 15 is 0 Å². The third-order valence-corrected chi connectivity index (χ3v) is 5.50. The van der Waals surface area contributed by atoms with Crippen LogP contribution in [0.15, 0.2) is 36.4 Å². The van der Waals surface area contributed by atoms with Gasteiger partial charge in [-0.3, -0.25) is 9.59 Å². The summed E-state index contributed by atoms with van der Waals surface area (Å²) in [7, 11) is 8.15. The molecule has 0 saturated carbocycles. The molecule has 0 radical (unpaired) electrons. The lowest BCUT2D eigenvalue weighted by Gasteiger charge is -2.42. The van der Waals surface area contributed by atoms with Crippen LogP contribution in [-0.4, -0.2) is 69.1 Å². The lowest BCUT2D eigenvalue weighted by Crippen LogP contribution is -2.63. The molecule has 0 aliphatic carbocycles. The summed E-state index contributed by atoms with van der Waals surface area (Å²) >= 11 is 0. The number of likely N-dealkylation sites (N-methyl/N-ethyl adjacent to an activating group) is 2. The minimum atomic E-state index is -0.690. The van der Waals surface area contributed by atoms with Crippen molar-refractivity contribution in [2.45, 2.75) is 40.2 Å². The number of nitrogens with zero attached hydrogens (tertiary/aromatic N) is 2. The molecule has 7 nitrogen and oxygen atoms in total. The van der Waals surface area contributed by atoms with Crippen LogP contribution in [0.5, 0.6) is 17.2 Å². The zero-order chi connectivity index (χ0) is 25.3. The van der Waals surface area contributed by atoms with Crippen LogP contribution in [0.4, 0.5) is 0 Å². The van der Waals surface area contributed by atoms with Gasteiger partial charge in [0.25, 0.3) is 0 Å². The second kappa shape index (κ2) is 12.1. The van der Waals surface area contributed by atoms with Crippen LogP contribution in [0.1, 0.15) is 33.3 Å². The fourth-order valence-corrected chi connectivity index (χ4v) is 3.30. The number of hydrogen-bond acceptors (Lipinski definition) is 5. The molecular weight excluding hydrogens is 420 g/mol. The summed E-state index contributed by atoms with van der Waals surface area (Å²) in [6.07, 6.45) is 0. The van der Waals surface area contributed by atoms with Gasteiger partial charge < -0.3 is 24.0 Å². The van der Waals surface area contributed by atoms with Gasteiger partial charge in [-0.25, -0.2) is 0 Å². The number of rotatable bonds is 4. The Morgan fingerprint density at radius 1 is 0.818 bits per heavy atom. The molecule has 1 heterocycles. The van der Waals surface area contributed by atoms with E-state index in [1.165, 1.54) is 15.4 Å². The van der Waals surface area contributed by atoms with Crippen molar-refractivity contribution in [2.75, 3.05) is 42.0 Å². The Labute approximate surface area is 198 Å². The van der Waals surface area contributed by atoms with Gasteiger partial charge in [0.15, 0.2) is 11.5 Å². The van der Waals surface area contributed by atoms with Crippen LogP contribution in [0.2, 0.25) is 0 Å². The second-order valence-electron chi connectivity index (χ2n) is 7.95. The highest BCUT2D eigenvalue weighted by Crippen LogP contribution is 2.41. The molecule has 1 saturated heterocycles. The number of methoxy groups -OCH3 is 3. The quantitative estimate of drug-likeness (QED) is 0.679. The summed E-state index contributed by atoms with van der Waals surface area (Å²) in [5.41, 5.74) is 2.69. The lowest BCUT2D eigenvalue weighted by atomic mass is 9.99. The number of amides is 2. The summed E-state index contributed by atoms with van der Waals surface area (Å²) in [5, 5.41) is 0. The molecule has 2 aromatic rings. The van der Waals surface area contributed by atoms with Crippen molar-refractivity contribution >= 4 is 11.8 Å². The average Bonchev–Trinajstić information content (AvgIpc) is 2.83. The lowest BCUT2D eigenvalue weighted by molar-refractivity contribution is -0.159. The molecule has 1 aliphatic heterocycles. The molecule has 182 valence electrons. The minimum absolute atomic E-state index is 0.00963. The molecule has 2 aromatic carbocycles. The number of carbonyl (C=O) groups is 2. The van der Waals surface area contributed by atoms with E-state index in [0.29, 0.717) is 17.2 Å². The maximum atomic E-state index is 11.5. The normalized spacial score (nSPS) is 14.5. The number of piperazine rings is 1. The van der Waals surface area contributed by atoms with Crippen molar-refractivity contribution in [3.05, 3.63) is 42.0 Å². The van der Waals surface area contributed by atoms with E-state index in [1.54, 1.807) is 49.3 Å². The van der Waals surface area contributed by atoms with E-state index in [0.717, 1.165) is 11.1 Å². The van der Waals surface area contributed by atoms with Crippen molar-refractivity contribution in [1.29, 1.82) is 0 Å². The smallest absolute Gasteiger partial charge is 0.248 e. The van der Waals surface area contributed by atoms with Gasteiger partial charge in [-0.1, -0.05) is 43.7 Å². The van der Waals surface area contributed by atoms with Crippen LogP contribution in [0.3, 0.4) is 0 Å². The van der Waals surface area contributed by atoms with Gasteiger partial charge in [0.2, 0.25) is 17.6 Å². The van der Waals surface area contributed by atoms with Gasteiger partial charge in [0, 0.05) is 14.1 Å². The number of benzene rings is 2. The Kier molecular flexibility index (Phi) is 10.2. The Balaban J connectivity index is 0.000000335. The maximum Gasteiger partial charge on any atom is 0.248 e. The third-order valence-electron chi connectivity index (χ3n) is 5.50. The van der Waals surface area contributed by atoms with Gasteiger partial charge in [-0.2, -0.15) is 0 Å². The Morgan fingerprint density at radius 2 is 1.30 bits per heavy atom. The van der Waals surface area contributed by atoms with Gasteiger partial charge in [0.1, 0.15) is 5.54 Å². The fraction of sp³-hybridized carbons (Fsp3) is 0.462. The molecule has 0 N–H and O–H groups in total. The maximum absolute atomic E-state index is 11.5. The van der Waals surface area contributed by atoms with Gasteiger partial charge >= 0.3 is 0 Å². The molecular formula is C26H38N2O5. The molecule has 2 amide bonds. The highest BCUT2D eigenvalue weighted by Gasteiger charge is 2.42. The van der Waals surface area contributed by atoms with Crippen molar-refractivity contribution in [2.24, 2.45) is 0 Å². The topological polar surface area (TPSA) is 68.3 Å². The first-order chi connectivity index (χ1) is 15.6. The van der Waals surface area contributed by atoms with Crippen LogP contribution in [0.25, 0.3) is 11.1 Å². The monoisotopic (exact) mass is 458 g/mol. The summed E-state index contributed by atoms with van der Waals surface area (Å²) in [6.45, 7) is 9.77. The van der Waals surface area contributed by atoms with E-state index in [9.17, 15) is 9.59 Å². The zero-order valence-electron chi connectivity index (χ0n) is 21.6. The molecule has 33 heavy (non-hydrogen) atoms. The summed E-state index contributed by atoms with van der Waals surface area (Å²) in [5.74, 6) is 1.92. The third kappa shape index (κ3) is 6.40. The Bertz CT molecular complexity index is 913. The molecule has 1 fully saturated rings. The van der Waals surface area contributed by atoms with E-state index in [1.807, 2.05) is 26.0 Å². The second-order valence-corrected chi connectivity index (χ2v) is 7.95. The number of aryl methyl sites for hydroxylation is 1. The SMILES string of the molecule is CC.CN1CC(=O)N(C)C(C)(C)C1=O.COc1cc(-c2ccc(C)cc2)cc(OC)c1OC. The van der Waals surface area contributed by atoms with Crippen molar-refractivity contribution < 1.29 is 23.8 Å². The number of ether oxygens (including phenoxy) is 3. The van der Waals surface area contributed by atoms with Crippen LogP contribution in [-0.2, 0) is 9.59 Å². The highest BCUT2D eigenvalue weighted by atomic mass is 16.5. The predicted octanol–water partition coefficient (Wildman–Crippen LogP) is 4.41. The molecule has 1 aliphatic rings. The Morgan fingerprint density at radius 3 is 1.73 bits per heavy atom.